The average Bonchev–Trinajstić information content (AvgIpc) is 2.25. The van der Waals surface area contributed by atoms with Crippen LogP contribution in [0, 0.1) is 0 Å². The van der Waals surface area contributed by atoms with Crippen molar-refractivity contribution in [3.05, 3.63) is 72.9 Å². The van der Waals surface area contributed by atoms with Crippen LogP contribution in [0.5, 0.6) is 0 Å². The first kappa shape index (κ1) is 10.3. The van der Waals surface area contributed by atoms with E-state index in [4.69, 9.17) is 0 Å². The van der Waals surface area contributed by atoms with Crippen LogP contribution in [0.3, 0.4) is 0 Å². The summed E-state index contributed by atoms with van der Waals surface area (Å²) in [6.07, 6.45) is 11.4. The summed E-state index contributed by atoms with van der Waals surface area (Å²) >= 11 is 0. The van der Waals surface area contributed by atoms with Crippen LogP contribution in [0.1, 0.15) is 11.1 Å². The van der Waals surface area contributed by atoms with Gasteiger partial charge in [-0.1, -0.05) is 73.9 Å². The predicted octanol–water partition coefficient (Wildman–Crippen LogP) is 4.09. The lowest BCUT2D eigenvalue weighted by Gasteiger charge is -1.94. The van der Waals surface area contributed by atoms with Crippen molar-refractivity contribution in [2.24, 2.45) is 0 Å². The first-order valence-electron chi connectivity index (χ1n) is 4.55. The maximum absolute atomic E-state index is 3.62. The van der Waals surface area contributed by atoms with E-state index in [9.17, 15) is 0 Å². The smallest absolute Gasteiger partial charge is 0.0256 e. The molecule has 0 aliphatic carbocycles. The fourth-order valence-corrected chi connectivity index (χ4v) is 1.08. The molecular formula is C14H14. The van der Waals surface area contributed by atoms with Crippen molar-refractivity contribution in [3.8, 4) is 0 Å². The molecule has 0 N–H and O–H groups in total. The Bertz CT molecular complexity index is 313. The maximum atomic E-state index is 3.62. The fourth-order valence-electron chi connectivity index (χ4n) is 1.08. The van der Waals surface area contributed by atoms with Crippen LogP contribution in [-0.2, 0) is 0 Å². The summed E-state index contributed by atoms with van der Waals surface area (Å²) < 4.78 is 0. The second-order valence-electron chi connectivity index (χ2n) is 2.86. The summed E-state index contributed by atoms with van der Waals surface area (Å²) in [4.78, 5) is 0. The molecule has 1 aromatic carbocycles. The standard InChI is InChI=1S/C14H14/c1-3-5-7-13-9-11-14(12-10-13)8-6-4-2/h3-12H,1-2H2/b7-5+,8-6+. The van der Waals surface area contributed by atoms with E-state index in [1.54, 1.807) is 12.2 Å². The largest absolute Gasteiger partial charge is 0.0991 e. The van der Waals surface area contributed by atoms with Crippen LogP contribution in [0.2, 0.25) is 0 Å². The zero-order chi connectivity index (χ0) is 10.2. The van der Waals surface area contributed by atoms with Crippen molar-refractivity contribution >= 4 is 12.2 Å². The number of benzene rings is 1. The Morgan fingerprint density at radius 3 is 1.36 bits per heavy atom. The van der Waals surface area contributed by atoms with Crippen LogP contribution in [0.15, 0.2) is 61.7 Å². The van der Waals surface area contributed by atoms with Gasteiger partial charge in [-0.15, -0.1) is 0 Å². The van der Waals surface area contributed by atoms with Gasteiger partial charge in [0.25, 0.3) is 0 Å². The van der Waals surface area contributed by atoms with E-state index in [2.05, 4.69) is 37.4 Å². The minimum absolute atomic E-state index is 1.18. The van der Waals surface area contributed by atoms with Gasteiger partial charge in [0.05, 0.1) is 0 Å². The first-order valence-corrected chi connectivity index (χ1v) is 4.55. The van der Waals surface area contributed by atoms with E-state index >= 15 is 0 Å². The molecule has 1 aromatic rings. The molecule has 0 saturated carbocycles. The molecule has 0 heteroatoms. The molecule has 0 heterocycles. The van der Waals surface area contributed by atoms with Crippen molar-refractivity contribution in [1.82, 2.24) is 0 Å². The second kappa shape index (κ2) is 5.76. The van der Waals surface area contributed by atoms with Gasteiger partial charge in [-0.2, -0.15) is 0 Å². The molecule has 0 spiro atoms. The zero-order valence-corrected chi connectivity index (χ0v) is 8.19. The quantitative estimate of drug-likeness (QED) is 0.615. The summed E-state index contributed by atoms with van der Waals surface area (Å²) in [5, 5.41) is 0. The Morgan fingerprint density at radius 1 is 0.714 bits per heavy atom. The van der Waals surface area contributed by atoms with E-state index in [1.807, 2.05) is 24.3 Å². The van der Waals surface area contributed by atoms with Crippen LogP contribution in [0.25, 0.3) is 12.2 Å². The lowest BCUT2D eigenvalue weighted by molar-refractivity contribution is 1.62. The van der Waals surface area contributed by atoms with Crippen molar-refractivity contribution in [2.45, 2.75) is 0 Å². The number of hydrogen-bond donors (Lipinski definition) is 0. The van der Waals surface area contributed by atoms with Crippen molar-refractivity contribution < 1.29 is 0 Å². The second-order valence-corrected chi connectivity index (χ2v) is 2.86. The lowest BCUT2D eigenvalue weighted by atomic mass is 10.1. The molecule has 0 atom stereocenters. The molecule has 0 bridgehead atoms. The highest BCUT2D eigenvalue weighted by Crippen LogP contribution is 2.07. The Morgan fingerprint density at radius 2 is 1.07 bits per heavy atom. The summed E-state index contributed by atoms with van der Waals surface area (Å²) in [7, 11) is 0. The van der Waals surface area contributed by atoms with E-state index < -0.39 is 0 Å². The van der Waals surface area contributed by atoms with Gasteiger partial charge in [-0.05, 0) is 11.1 Å². The highest BCUT2D eigenvalue weighted by molar-refractivity contribution is 5.57. The molecule has 0 amide bonds. The van der Waals surface area contributed by atoms with Gasteiger partial charge < -0.3 is 0 Å². The first-order chi connectivity index (χ1) is 6.86. The van der Waals surface area contributed by atoms with Gasteiger partial charge in [0, 0.05) is 0 Å². The van der Waals surface area contributed by atoms with Gasteiger partial charge >= 0.3 is 0 Å². The van der Waals surface area contributed by atoms with E-state index in [1.165, 1.54) is 11.1 Å². The molecule has 70 valence electrons. The number of hydrogen-bond acceptors (Lipinski definition) is 0. The van der Waals surface area contributed by atoms with Crippen LogP contribution in [-0.4, -0.2) is 0 Å². The molecule has 0 nitrogen and oxygen atoms in total. The molecule has 0 fully saturated rings. The molecule has 1 rings (SSSR count). The SMILES string of the molecule is C=C/C=C/c1ccc(/C=C/C=C)cc1. The van der Waals surface area contributed by atoms with E-state index in [0.29, 0.717) is 0 Å². The molecule has 0 aliphatic rings. The summed E-state index contributed by atoms with van der Waals surface area (Å²) in [5.41, 5.74) is 2.36. The number of allylic oxidation sites excluding steroid dienone is 4. The fraction of sp³-hybridized carbons (Fsp3) is 0. The minimum Gasteiger partial charge on any atom is -0.0991 e. The van der Waals surface area contributed by atoms with Crippen LogP contribution < -0.4 is 0 Å². The molecule has 0 unspecified atom stereocenters. The molecule has 14 heavy (non-hydrogen) atoms. The molecule has 0 saturated heterocycles. The Hall–Kier alpha value is -1.82. The van der Waals surface area contributed by atoms with Crippen LogP contribution in [0.4, 0.5) is 0 Å². The topological polar surface area (TPSA) is 0 Å². The average molecular weight is 182 g/mol. The lowest BCUT2D eigenvalue weighted by Crippen LogP contribution is -1.73. The van der Waals surface area contributed by atoms with E-state index in [-0.39, 0.29) is 0 Å². The summed E-state index contributed by atoms with van der Waals surface area (Å²) in [6, 6.07) is 8.29. The Labute approximate surface area is 85.6 Å². The Balaban J connectivity index is 2.77. The third kappa shape index (κ3) is 3.28. The van der Waals surface area contributed by atoms with Gasteiger partial charge in [0.2, 0.25) is 0 Å². The van der Waals surface area contributed by atoms with Gasteiger partial charge in [-0.25, -0.2) is 0 Å². The molecule has 0 aliphatic heterocycles. The van der Waals surface area contributed by atoms with Gasteiger partial charge in [0.15, 0.2) is 0 Å². The van der Waals surface area contributed by atoms with E-state index in [0.717, 1.165) is 0 Å². The Kier molecular flexibility index (Phi) is 4.22. The number of rotatable bonds is 4. The van der Waals surface area contributed by atoms with Crippen LogP contribution >= 0.6 is 0 Å². The minimum atomic E-state index is 1.18. The third-order valence-corrected chi connectivity index (χ3v) is 1.79. The molecular weight excluding hydrogens is 168 g/mol. The van der Waals surface area contributed by atoms with Crippen molar-refractivity contribution in [3.63, 3.8) is 0 Å². The predicted molar refractivity (Wildman–Crippen MR) is 64.9 cm³/mol. The summed E-state index contributed by atoms with van der Waals surface area (Å²) in [6.45, 7) is 7.25. The van der Waals surface area contributed by atoms with Gasteiger partial charge in [-0.3, -0.25) is 0 Å². The van der Waals surface area contributed by atoms with Crippen molar-refractivity contribution in [1.29, 1.82) is 0 Å². The molecule has 0 aromatic heterocycles. The van der Waals surface area contributed by atoms with Gasteiger partial charge in [0.1, 0.15) is 0 Å². The maximum Gasteiger partial charge on any atom is -0.0256 e. The highest BCUT2D eigenvalue weighted by Gasteiger charge is 1.86. The monoisotopic (exact) mass is 182 g/mol. The molecule has 0 radical (unpaired) electrons. The van der Waals surface area contributed by atoms with Crippen molar-refractivity contribution in [2.75, 3.05) is 0 Å². The summed E-state index contributed by atoms with van der Waals surface area (Å²) in [5.74, 6) is 0. The third-order valence-electron chi connectivity index (χ3n) is 1.79. The normalized spacial score (nSPS) is 10.9. The zero-order valence-electron chi connectivity index (χ0n) is 8.19. The highest BCUT2D eigenvalue weighted by atomic mass is 13.9.